The summed E-state index contributed by atoms with van der Waals surface area (Å²) in [4.78, 5) is 25.3. The molecule has 4 aromatic rings. The maximum atomic E-state index is 13.3. The number of halogens is 1. The van der Waals surface area contributed by atoms with Crippen LogP contribution in [-0.2, 0) is 11.3 Å². The van der Waals surface area contributed by atoms with Crippen molar-refractivity contribution in [1.82, 2.24) is 29.4 Å². The summed E-state index contributed by atoms with van der Waals surface area (Å²) in [7, 11) is 0. The van der Waals surface area contributed by atoms with Gasteiger partial charge in [0.15, 0.2) is 5.82 Å². The lowest BCUT2D eigenvalue weighted by molar-refractivity contribution is -0.121. The van der Waals surface area contributed by atoms with Crippen LogP contribution in [0.15, 0.2) is 53.6 Å². The van der Waals surface area contributed by atoms with Crippen molar-refractivity contribution in [1.29, 1.82) is 0 Å². The number of aryl methyl sites for hydroxylation is 1. The van der Waals surface area contributed by atoms with E-state index in [1.807, 2.05) is 48.1 Å². The molecular formula is C20H19ClN6O2. The van der Waals surface area contributed by atoms with Gasteiger partial charge in [-0.1, -0.05) is 11.6 Å². The third-order valence-electron chi connectivity index (χ3n) is 4.51. The van der Waals surface area contributed by atoms with Crippen LogP contribution in [0.1, 0.15) is 12.6 Å². The Morgan fingerprint density at radius 1 is 1.14 bits per heavy atom. The first-order chi connectivity index (χ1) is 14.0. The molecular weight excluding hydrogens is 392 g/mol. The highest BCUT2D eigenvalue weighted by Crippen LogP contribution is 2.25. The number of nitrogens with one attached hydrogen (secondary N) is 1. The van der Waals surface area contributed by atoms with E-state index in [0.29, 0.717) is 34.0 Å². The van der Waals surface area contributed by atoms with Crippen LogP contribution in [0.4, 0.5) is 0 Å². The van der Waals surface area contributed by atoms with E-state index >= 15 is 0 Å². The second-order valence-corrected chi connectivity index (χ2v) is 6.96. The van der Waals surface area contributed by atoms with Crippen molar-refractivity contribution in [2.75, 3.05) is 6.54 Å². The summed E-state index contributed by atoms with van der Waals surface area (Å²) in [5, 5.41) is 12.7. The van der Waals surface area contributed by atoms with Gasteiger partial charge in [-0.3, -0.25) is 9.59 Å². The lowest BCUT2D eigenvalue weighted by atomic mass is 10.2. The van der Waals surface area contributed by atoms with Crippen LogP contribution in [0.2, 0.25) is 5.02 Å². The van der Waals surface area contributed by atoms with Crippen molar-refractivity contribution in [3.63, 3.8) is 0 Å². The zero-order valence-electron chi connectivity index (χ0n) is 16.0. The Hall–Kier alpha value is -3.39. The number of carbonyl (C=O) groups is 1. The Balaban J connectivity index is 2.00. The Bertz CT molecular complexity index is 1240. The van der Waals surface area contributed by atoms with Gasteiger partial charge in [0.25, 0.3) is 5.56 Å². The van der Waals surface area contributed by atoms with Crippen molar-refractivity contribution >= 4 is 28.4 Å². The molecule has 4 rings (SSSR count). The standard InChI is InChI=1S/C20H19ClN6O2/c1-3-22-16(28)12-26-20(29)17-18(13(2)23-26)24-27(15-8-6-14(21)7-9-15)19(17)25-10-4-5-11-25/h4-11H,3,12H2,1-2H3,(H,22,28). The van der Waals surface area contributed by atoms with Gasteiger partial charge >= 0.3 is 0 Å². The molecule has 0 fully saturated rings. The molecule has 3 heterocycles. The number of benzene rings is 1. The van der Waals surface area contributed by atoms with Gasteiger partial charge in [-0.2, -0.15) is 10.2 Å². The Morgan fingerprint density at radius 3 is 2.48 bits per heavy atom. The lowest BCUT2D eigenvalue weighted by Gasteiger charge is -2.09. The molecule has 0 bridgehead atoms. The topological polar surface area (TPSA) is 86.7 Å². The Kier molecular flexibility index (Phi) is 4.94. The molecule has 0 atom stereocenters. The number of hydrogen-bond acceptors (Lipinski definition) is 4. The number of rotatable bonds is 5. The fourth-order valence-electron chi connectivity index (χ4n) is 3.24. The largest absolute Gasteiger partial charge is 0.355 e. The van der Waals surface area contributed by atoms with Gasteiger partial charge in [-0.25, -0.2) is 9.36 Å². The highest BCUT2D eigenvalue weighted by Gasteiger charge is 2.22. The normalized spacial score (nSPS) is 11.1. The average Bonchev–Trinajstić information content (AvgIpc) is 3.34. The van der Waals surface area contributed by atoms with E-state index in [0.717, 1.165) is 5.69 Å². The number of carbonyl (C=O) groups excluding carboxylic acids is 1. The van der Waals surface area contributed by atoms with E-state index in [9.17, 15) is 9.59 Å². The van der Waals surface area contributed by atoms with Gasteiger partial charge in [0.2, 0.25) is 5.91 Å². The van der Waals surface area contributed by atoms with Crippen LogP contribution in [0.5, 0.6) is 0 Å². The van der Waals surface area contributed by atoms with Crippen LogP contribution >= 0.6 is 11.6 Å². The summed E-state index contributed by atoms with van der Waals surface area (Å²) in [5.74, 6) is 0.306. The van der Waals surface area contributed by atoms with Crippen LogP contribution in [0, 0.1) is 6.92 Å². The van der Waals surface area contributed by atoms with E-state index in [-0.39, 0.29) is 18.0 Å². The number of nitrogens with zero attached hydrogens (tertiary/aromatic N) is 5. The van der Waals surface area contributed by atoms with E-state index in [2.05, 4.69) is 15.5 Å². The molecule has 29 heavy (non-hydrogen) atoms. The lowest BCUT2D eigenvalue weighted by Crippen LogP contribution is -2.34. The maximum Gasteiger partial charge on any atom is 0.280 e. The minimum absolute atomic E-state index is 0.152. The summed E-state index contributed by atoms with van der Waals surface area (Å²) in [6, 6.07) is 10.9. The molecule has 0 aliphatic rings. The second-order valence-electron chi connectivity index (χ2n) is 6.53. The number of amides is 1. The van der Waals surface area contributed by atoms with Crippen LogP contribution in [0.3, 0.4) is 0 Å². The van der Waals surface area contributed by atoms with Gasteiger partial charge in [0.05, 0.1) is 11.4 Å². The molecule has 8 nitrogen and oxygen atoms in total. The second kappa shape index (κ2) is 7.56. The van der Waals surface area contributed by atoms with Crippen LogP contribution in [0.25, 0.3) is 22.4 Å². The Labute approximate surface area is 171 Å². The molecule has 0 radical (unpaired) electrons. The SMILES string of the molecule is CCNC(=O)Cn1nc(C)c2nn(-c3ccc(Cl)cc3)c(-n3cccc3)c2c1=O. The molecule has 0 spiro atoms. The van der Waals surface area contributed by atoms with Gasteiger partial charge in [0, 0.05) is 24.0 Å². The zero-order valence-corrected chi connectivity index (χ0v) is 16.7. The molecule has 9 heteroatoms. The Morgan fingerprint density at radius 2 is 1.83 bits per heavy atom. The minimum Gasteiger partial charge on any atom is -0.355 e. The summed E-state index contributed by atoms with van der Waals surface area (Å²) in [6.45, 7) is 3.93. The molecule has 0 saturated carbocycles. The maximum absolute atomic E-state index is 13.3. The van der Waals surface area contributed by atoms with Gasteiger partial charge in [-0.05, 0) is 50.2 Å². The molecule has 148 valence electrons. The molecule has 1 N–H and O–H groups in total. The van der Waals surface area contributed by atoms with Gasteiger partial charge in [-0.15, -0.1) is 0 Å². The first kappa shape index (κ1) is 18.9. The van der Waals surface area contributed by atoms with Gasteiger partial charge in [0.1, 0.15) is 17.4 Å². The fourth-order valence-corrected chi connectivity index (χ4v) is 3.36. The monoisotopic (exact) mass is 410 g/mol. The average molecular weight is 411 g/mol. The molecule has 1 amide bonds. The first-order valence-electron chi connectivity index (χ1n) is 9.16. The summed E-state index contributed by atoms with van der Waals surface area (Å²) in [6.07, 6.45) is 3.68. The summed E-state index contributed by atoms with van der Waals surface area (Å²) >= 11 is 6.03. The smallest absolute Gasteiger partial charge is 0.280 e. The molecule has 1 aromatic carbocycles. The third-order valence-corrected chi connectivity index (χ3v) is 4.76. The van der Waals surface area contributed by atoms with Crippen molar-refractivity contribution in [2.24, 2.45) is 0 Å². The summed E-state index contributed by atoms with van der Waals surface area (Å²) in [5.41, 5.74) is 1.43. The van der Waals surface area contributed by atoms with E-state index in [4.69, 9.17) is 11.6 Å². The molecule has 0 unspecified atom stereocenters. The predicted molar refractivity (Wildman–Crippen MR) is 111 cm³/mol. The number of hydrogen-bond donors (Lipinski definition) is 1. The number of fused-ring (bicyclic) bond motifs is 1. The highest BCUT2D eigenvalue weighted by atomic mass is 35.5. The first-order valence-corrected chi connectivity index (χ1v) is 9.54. The molecule has 0 saturated heterocycles. The predicted octanol–water partition coefficient (Wildman–Crippen LogP) is 2.47. The van der Waals surface area contributed by atoms with Crippen molar-refractivity contribution in [2.45, 2.75) is 20.4 Å². The van der Waals surface area contributed by atoms with E-state index in [1.54, 1.807) is 23.7 Å². The molecule has 0 aliphatic heterocycles. The minimum atomic E-state index is -0.374. The van der Waals surface area contributed by atoms with Crippen LogP contribution in [-0.4, -0.2) is 36.6 Å². The highest BCUT2D eigenvalue weighted by molar-refractivity contribution is 6.30. The third kappa shape index (κ3) is 3.42. The van der Waals surface area contributed by atoms with Crippen molar-refractivity contribution in [3.8, 4) is 11.5 Å². The van der Waals surface area contributed by atoms with Gasteiger partial charge < -0.3 is 9.88 Å². The molecule has 0 aliphatic carbocycles. The van der Waals surface area contributed by atoms with E-state index in [1.165, 1.54) is 4.68 Å². The zero-order chi connectivity index (χ0) is 20.5. The summed E-state index contributed by atoms with van der Waals surface area (Å²) < 4.78 is 4.69. The number of likely N-dealkylation sites (N-methyl/N-ethyl adjacent to an activating group) is 1. The quantitative estimate of drug-likeness (QED) is 0.547. The number of aromatic nitrogens is 5. The molecule has 3 aromatic heterocycles. The van der Waals surface area contributed by atoms with Crippen LogP contribution < -0.4 is 10.9 Å². The van der Waals surface area contributed by atoms with E-state index < -0.39 is 0 Å². The fraction of sp³-hybridized carbons (Fsp3) is 0.200. The van der Waals surface area contributed by atoms with Crippen molar-refractivity contribution < 1.29 is 4.79 Å². The van der Waals surface area contributed by atoms with Crippen molar-refractivity contribution in [3.05, 3.63) is 69.9 Å².